The first kappa shape index (κ1) is 21.2. The van der Waals surface area contributed by atoms with E-state index in [0.29, 0.717) is 23.3 Å². The van der Waals surface area contributed by atoms with Crippen LogP contribution >= 0.6 is 11.3 Å². The van der Waals surface area contributed by atoms with Gasteiger partial charge in [-0.05, 0) is 49.3 Å². The van der Waals surface area contributed by atoms with Crippen LogP contribution in [0.1, 0.15) is 29.1 Å². The molecule has 0 aromatic carbocycles. The number of aryl methyl sites for hydroxylation is 1. The highest BCUT2D eigenvalue weighted by atomic mass is 32.1. The van der Waals surface area contributed by atoms with Crippen LogP contribution in [0.3, 0.4) is 0 Å². The summed E-state index contributed by atoms with van der Waals surface area (Å²) in [4.78, 5) is 30.0. The van der Waals surface area contributed by atoms with Gasteiger partial charge >= 0.3 is 0 Å². The number of aromatic nitrogens is 2. The minimum atomic E-state index is -0.00118. The molecule has 2 saturated heterocycles. The van der Waals surface area contributed by atoms with E-state index in [-0.39, 0.29) is 5.91 Å². The van der Waals surface area contributed by atoms with E-state index in [1.807, 2.05) is 47.7 Å². The smallest absolute Gasteiger partial charge is 0.276 e. The molecule has 1 amide bonds. The number of likely N-dealkylation sites (tertiary alicyclic amines) is 1. The number of rotatable bonds is 5. The number of anilines is 1. The van der Waals surface area contributed by atoms with Crippen LogP contribution in [0.4, 0.5) is 5.82 Å². The van der Waals surface area contributed by atoms with Crippen molar-refractivity contribution in [3.8, 4) is 10.8 Å². The van der Waals surface area contributed by atoms with Gasteiger partial charge in [-0.15, -0.1) is 11.3 Å². The zero-order valence-corrected chi connectivity index (χ0v) is 19.3. The van der Waals surface area contributed by atoms with E-state index in [9.17, 15) is 4.79 Å². The van der Waals surface area contributed by atoms with Gasteiger partial charge in [-0.3, -0.25) is 9.69 Å². The van der Waals surface area contributed by atoms with Crippen molar-refractivity contribution >= 4 is 23.1 Å². The molecule has 0 radical (unpaired) electrons. The number of carbonyl (C=O) groups excluding carboxylic acids is 1. The fourth-order valence-corrected chi connectivity index (χ4v) is 5.36. The normalized spacial score (nSPS) is 20.0. The standard InChI is InChI=1S/C24H29N5O2S/c1-18-22(26-23(31-18)20-7-5-15-32-20)24(30)29-10-4-6-19(17-29)16-27-11-13-28(14-12-27)21-8-2-3-9-25-21/h2-3,5,7-9,15,19H,4,6,10-14,16-17H2,1H3. The van der Waals surface area contributed by atoms with Gasteiger partial charge < -0.3 is 14.2 Å². The summed E-state index contributed by atoms with van der Waals surface area (Å²) in [5, 5.41) is 1.99. The van der Waals surface area contributed by atoms with Crippen LogP contribution in [0, 0.1) is 12.8 Å². The van der Waals surface area contributed by atoms with Crippen LogP contribution in [-0.4, -0.2) is 71.5 Å². The molecular formula is C24H29N5O2S. The first-order valence-electron chi connectivity index (χ1n) is 11.4. The van der Waals surface area contributed by atoms with E-state index >= 15 is 0 Å². The van der Waals surface area contributed by atoms with Gasteiger partial charge in [0.15, 0.2) is 5.69 Å². The van der Waals surface area contributed by atoms with Crippen LogP contribution in [0.2, 0.25) is 0 Å². The van der Waals surface area contributed by atoms with Crippen molar-refractivity contribution in [3.63, 3.8) is 0 Å². The number of amides is 1. The van der Waals surface area contributed by atoms with Gasteiger partial charge in [0.1, 0.15) is 11.6 Å². The molecule has 7 nitrogen and oxygen atoms in total. The minimum absolute atomic E-state index is 0.00118. The number of pyridine rings is 1. The summed E-state index contributed by atoms with van der Waals surface area (Å²) in [5.41, 5.74) is 0.457. The maximum atomic E-state index is 13.2. The average molecular weight is 452 g/mol. The molecule has 3 aromatic heterocycles. The molecule has 0 N–H and O–H groups in total. The molecule has 0 aliphatic carbocycles. The molecule has 8 heteroatoms. The van der Waals surface area contributed by atoms with E-state index in [1.54, 1.807) is 11.3 Å². The fraction of sp³-hybridized carbons (Fsp3) is 0.458. The Balaban J connectivity index is 1.17. The predicted molar refractivity (Wildman–Crippen MR) is 126 cm³/mol. The SMILES string of the molecule is Cc1oc(-c2cccs2)nc1C(=O)N1CCCC(CN2CCN(c3ccccn3)CC2)C1. The Bertz CT molecular complexity index is 1030. The topological polar surface area (TPSA) is 65.7 Å². The molecule has 32 heavy (non-hydrogen) atoms. The summed E-state index contributed by atoms with van der Waals surface area (Å²) < 4.78 is 5.80. The highest BCUT2D eigenvalue weighted by molar-refractivity contribution is 7.13. The number of oxazole rings is 1. The summed E-state index contributed by atoms with van der Waals surface area (Å²) in [7, 11) is 0. The van der Waals surface area contributed by atoms with Crippen molar-refractivity contribution in [2.45, 2.75) is 19.8 Å². The lowest BCUT2D eigenvalue weighted by Crippen LogP contribution is -2.50. The fourth-order valence-electron chi connectivity index (χ4n) is 4.71. The van der Waals surface area contributed by atoms with Gasteiger partial charge in [-0.1, -0.05) is 12.1 Å². The molecule has 0 bridgehead atoms. The molecule has 5 heterocycles. The first-order chi connectivity index (χ1) is 15.7. The number of piperidine rings is 1. The molecule has 2 fully saturated rings. The number of carbonyl (C=O) groups is 1. The average Bonchev–Trinajstić information content (AvgIpc) is 3.50. The Morgan fingerprint density at radius 3 is 2.78 bits per heavy atom. The van der Waals surface area contributed by atoms with Gasteiger partial charge in [-0.2, -0.15) is 0 Å². The largest absolute Gasteiger partial charge is 0.440 e. The number of thiophene rings is 1. The number of piperazine rings is 1. The Labute approximate surface area is 192 Å². The first-order valence-corrected chi connectivity index (χ1v) is 12.2. The Morgan fingerprint density at radius 1 is 1.16 bits per heavy atom. The maximum Gasteiger partial charge on any atom is 0.276 e. The van der Waals surface area contributed by atoms with Gasteiger partial charge in [0.05, 0.1) is 4.88 Å². The van der Waals surface area contributed by atoms with Crippen LogP contribution in [0.25, 0.3) is 10.8 Å². The molecule has 3 aromatic rings. The van der Waals surface area contributed by atoms with Crippen LogP contribution in [0.5, 0.6) is 0 Å². The number of hydrogen-bond donors (Lipinski definition) is 0. The molecular weight excluding hydrogens is 422 g/mol. The third-order valence-electron chi connectivity index (χ3n) is 6.40. The highest BCUT2D eigenvalue weighted by Crippen LogP contribution is 2.27. The molecule has 1 unspecified atom stereocenters. The molecule has 2 aliphatic heterocycles. The second-order valence-corrected chi connectivity index (χ2v) is 9.58. The van der Waals surface area contributed by atoms with Crippen molar-refractivity contribution < 1.29 is 9.21 Å². The van der Waals surface area contributed by atoms with Gasteiger partial charge in [0, 0.05) is 52.0 Å². The third-order valence-corrected chi connectivity index (χ3v) is 7.26. The van der Waals surface area contributed by atoms with Gasteiger partial charge in [-0.25, -0.2) is 9.97 Å². The Kier molecular flexibility index (Phi) is 6.23. The molecule has 1 atom stereocenters. The van der Waals surface area contributed by atoms with E-state index in [0.717, 1.165) is 62.9 Å². The summed E-state index contributed by atoms with van der Waals surface area (Å²) in [6.07, 6.45) is 4.07. The van der Waals surface area contributed by atoms with E-state index in [2.05, 4.69) is 25.8 Å². The zero-order valence-electron chi connectivity index (χ0n) is 18.4. The van der Waals surface area contributed by atoms with Gasteiger partial charge in [0.2, 0.25) is 5.89 Å². The monoisotopic (exact) mass is 451 g/mol. The van der Waals surface area contributed by atoms with E-state index < -0.39 is 0 Å². The lowest BCUT2D eigenvalue weighted by atomic mass is 9.96. The Hall–Kier alpha value is -2.71. The second kappa shape index (κ2) is 9.42. The molecule has 0 saturated carbocycles. The van der Waals surface area contributed by atoms with Crippen LogP contribution < -0.4 is 4.90 Å². The number of hydrogen-bond acceptors (Lipinski definition) is 7. The summed E-state index contributed by atoms with van der Waals surface area (Å²) in [5.74, 6) is 2.70. The summed E-state index contributed by atoms with van der Waals surface area (Å²) in [6, 6.07) is 10.0. The van der Waals surface area contributed by atoms with Gasteiger partial charge in [0.25, 0.3) is 5.91 Å². The van der Waals surface area contributed by atoms with Crippen molar-refractivity contribution in [2.75, 3.05) is 50.7 Å². The number of nitrogens with zero attached hydrogens (tertiary/aromatic N) is 5. The summed E-state index contributed by atoms with van der Waals surface area (Å²) >= 11 is 1.57. The Morgan fingerprint density at radius 2 is 2.03 bits per heavy atom. The highest BCUT2D eigenvalue weighted by Gasteiger charge is 2.30. The van der Waals surface area contributed by atoms with E-state index in [1.165, 1.54) is 6.42 Å². The minimum Gasteiger partial charge on any atom is -0.440 e. The quantitative estimate of drug-likeness (QED) is 0.588. The van der Waals surface area contributed by atoms with Crippen molar-refractivity contribution in [1.82, 2.24) is 19.8 Å². The lowest BCUT2D eigenvalue weighted by Gasteiger charge is -2.39. The van der Waals surface area contributed by atoms with Crippen molar-refractivity contribution in [2.24, 2.45) is 5.92 Å². The summed E-state index contributed by atoms with van der Waals surface area (Å²) in [6.45, 7) is 8.52. The maximum absolute atomic E-state index is 13.2. The third kappa shape index (κ3) is 4.56. The van der Waals surface area contributed by atoms with Crippen molar-refractivity contribution in [3.05, 3.63) is 53.4 Å². The van der Waals surface area contributed by atoms with Crippen molar-refractivity contribution in [1.29, 1.82) is 0 Å². The molecule has 168 valence electrons. The predicted octanol–water partition coefficient (Wildman–Crippen LogP) is 3.78. The lowest BCUT2D eigenvalue weighted by molar-refractivity contribution is 0.0630. The van der Waals surface area contributed by atoms with Crippen LogP contribution in [-0.2, 0) is 0 Å². The van der Waals surface area contributed by atoms with E-state index in [4.69, 9.17) is 4.42 Å². The molecule has 2 aliphatic rings. The molecule has 0 spiro atoms. The van der Waals surface area contributed by atoms with Crippen LogP contribution in [0.15, 0.2) is 46.3 Å². The second-order valence-electron chi connectivity index (χ2n) is 8.64. The zero-order chi connectivity index (χ0) is 21.9. The molecule has 5 rings (SSSR count).